The van der Waals surface area contributed by atoms with Crippen molar-refractivity contribution >= 4 is 23.9 Å². The Bertz CT molecular complexity index is 1020. The lowest BCUT2D eigenvalue weighted by atomic mass is 9.59. The number of hydrogen-bond acceptors (Lipinski definition) is 8. The Labute approximate surface area is 258 Å². The molecule has 0 aromatic heterocycles. The van der Waals surface area contributed by atoms with Gasteiger partial charge in [0.05, 0.1) is 67.6 Å². The van der Waals surface area contributed by atoms with Gasteiger partial charge >= 0.3 is 23.9 Å². The second-order valence-corrected chi connectivity index (χ2v) is 13.9. The van der Waals surface area contributed by atoms with Crippen LogP contribution in [0.5, 0.6) is 0 Å². The maximum absolute atomic E-state index is 12.9. The van der Waals surface area contributed by atoms with Crippen molar-refractivity contribution in [3.05, 3.63) is 0 Å². The summed E-state index contributed by atoms with van der Waals surface area (Å²) >= 11 is 0. The van der Waals surface area contributed by atoms with E-state index in [1.165, 1.54) is 13.8 Å². The largest absolute Gasteiger partial charge is 0.481 e. The fourth-order valence-electron chi connectivity index (χ4n) is 7.18. The van der Waals surface area contributed by atoms with E-state index in [1.807, 2.05) is 0 Å². The van der Waals surface area contributed by atoms with Crippen LogP contribution in [0, 0.1) is 34.5 Å². The van der Waals surface area contributed by atoms with Gasteiger partial charge in [-0.2, -0.15) is 0 Å². The number of epoxide rings is 4. The highest BCUT2D eigenvalue weighted by Gasteiger charge is 2.55. The highest BCUT2D eigenvalue weighted by Crippen LogP contribution is 2.51. The molecule has 4 N–H and O–H groups in total. The van der Waals surface area contributed by atoms with E-state index in [4.69, 9.17) is 24.1 Å². The number of carbonyl (C=O) groups is 4. The SMILES string of the molecule is CC(CCCCCCC(=O)O)(C(=O)O)C(C)(CCC(CC1CO1)C(CC1CO1)C(CC1CO1)C(CC1CO1)C(=O)O)C(=O)O. The van der Waals surface area contributed by atoms with Crippen LogP contribution in [0.25, 0.3) is 0 Å². The molecule has 10 atom stereocenters. The molecule has 4 aliphatic rings. The first-order chi connectivity index (χ1) is 20.8. The van der Waals surface area contributed by atoms with Crippen LogP contribution >= 0.6 is 0 Å². The highest BCUT2D eigenvalue weighted by molar-refractivity contribution is 5.86. The van der Waals surface area contributed by atoms with E-state index < -0.39 is 40.6 Å². The number of carboxylic acids is 4. The molecule has 4 heterocycles. The molecule has 12 nitrogen and oxygen atoms in total. The van der Waals surface area contributed by atoms with E-state index in [1.54, 1.807) is 0 Å². The fourth-order valence-corrected chi connectivity index (χ4v) is 7.18. The Morgan fingerprint density at radius 3 is 1.57 bits per heavy atom. The zero-order valence-corrected chi connectivity index (χ0v) is 26.0. The lowest BCUT2D eigenvalue weighted by Crippen LogP contribution is -2.49. The third-order valence-corrected chi connectivity index (χ3v) is 10.7. The molecule has 4 rings (SSSR count). The van der Waals surface area contributed by atoms with Gasteiger partial charge in [0.25, 0.3) is 0 Å². The molecule has 10 unspecified atom stereocenters. The van der Waals surface area contributed by atoms with E-state index >= 15 is 0 Å². The summed E-state index contributed by atoms with van der Waals surface area (Å²) in [6.45, 7) is 5.39. The van der Waals surface area contributed by atoms with Crippen LogP contribution in [0.1, 0.15) is 90.9 Å². The molecular weight excluding hydrogens is 576 g/mol. The van der Waals surface area contributed by atoms with Crippen molar-refractivity contribution in [3.63, 3.8) is 0 Å². The monoisotopic (exact) mass is 626 g/mol. The van der Waals surface area contributed by atoms with Gasteiger partial charge in [0.15, 0.2) is 0 Å². The molecule has 4 fully saturated rings. The van der Waals surface area contributed by atoms with Gasteiger partial charge in [-0.25, -0.2) is 0 Å². The molecule has 0 bridgehead atoms. The Balaban J connectivity index is 1.55. The van der Waals surface area contributed by atoms with Crippen LogP contribution < -0.4 is 0 Å². The average Bonchev–Trinajstić information content (AvgIpc) is 3.77. The fraction of sp³-hybridized carbons (Fsp3) is 0.875. The van der Waals surface area contributed by atoms with Crippen LogP contribution in [0.2, 0.25) is 0 Å². The van der Waals surface area contributed by atoms with Gasteiger partial charge in [-0.15, -0.1) is 0 Å². The number of carboxylic acid groups (broad SMARTS) is 4. The molecule has 0 amide bonds. The molecule has 44 heavy (non-hydrogen) atoms. The van der Waals surface area contributed by atoms with Crippen LogP contribution in [-0.2, 0) is 38.1 Å². The maximum Gasteiger partial charge on any atom is 0.310 e. The summed E-state index contributed by atoms with van der Waals surface area (Å²) in [5.41, 5.74) is -3.15. The van der Waals surface area contributed by atoms with Crippen molar-refractivity contribution < 1.29 is 58.6 Å². The van der Waals surface area contributed by atoms with Gasteiger partial charge in [0, 0.05) is 6.42 Å². The highest BCUT2D eigenvalue weighted by atomic mass is 16.6. The number of hydrogen-bond donors (Lipinski definition) is 4. The summed E-state index contributed by atoms with van der Waals surface area (Å²) in [7, 11) is 0. The van der Waals surface area contributed by atoms with Gasteiger partial charge in [-0.1, -0.05) is 19.3 Å². The predicted octanol–water partition coefficient (Wildman–Crippen LogP) is 4.08. The van der Waals surface area contributed by atoms with E-state index in [0.717, 1.165) is 0 Å². The molecule has 12 heteroatoms. The summed E-state index contributed by atoms with van der Waals surface area (Å²) in [4.78, 5) is 49.1. The lowest BCUT2D eigenvalue weighted by molar-refractivity contribution is -0.173. The van der Waals surface area contributed by atoms with Crippen molar-refractivity contribution in [1.82, 2.24) is 0 Å². The normalized spacial score (nSPS) is 28.9. The Kier molecular flexibility index (Phi) is 11.7. The molecule has 250 valence electrons. The molecule has 4 aliphatic heterocycles. The minimum Gasteiger partial charge on any atom is -0.481 e. The number of unbranched alkanes of at least 4 members (excludes halogenated alkanes) is 3. The van der Waals surface area contributed by atoms with E-state index in [2.05, 4.69) is 0 Å². The Morgan fingerprint density at radius 2 is 1.09 bits per heavy atom. The van der Waals surface area contributed by atoms with Crippen molar-refractivity contribution in [2.45, 2.75) is 115 Å². The molecule has 0 aliphatic carbocycles. The molecule has 4 saturated heterocycles. The molecule has 0 saturated carbocycles. The topological polar surface area (TPSA) is 199 Å². The van der Waals surface area contributed by atoms with Crippen LogP contribution in [-0.4, -0.2) is 95.1 Å². The number of rotatable bonds is 25. The summed E-state index contributed by atoms with van der Waals surface area (Å²) in [5, 5.41) is 40.2. The quantitative estimate of drug-likeness (QED) is 0.0837. The first-order valence-corrected chi connectivity index (χ1v) is 16.2. The van der Waals surface area contributed by atoms with Crippen LogP contribution in [0.15, 0.2) is 0 Å². The molecule has 0 spiro atoms. The molecule has 0 radical (unpaired) electrons. The smallest absolute Gasteiger partial charge is 0.310 e. The third-order valence-electron chi connectivity index (χ3n) is 10.7. The van der Waals surface area contributed by atoms with Crippen molar-refractivity contribution in [2.24, 2.45) is 34.5 Å². The zero-order valence-electron chi connectivity index (χ0n) is 26.0. The van der Waals surface area contributed by atoms with Crippen LogP contribution in [0.4, 0.5) is 0 Å². The predicted molar refractivity (Wildman–Crippen MR) is 155 cm³/mol. The van der Waals surface area contributed by atoms with Crippen molar-refractivity contribution in [2.75, 3.05) is 26.4 Å². The van der Waals surface area contributed by atoms with Gasteiger partial charge in [0.2, 0.25) is 0 Å². The van der Waals surface area contributed by atoms with E-state index in [0.29, 0.717) is 84.2 Å². The lowest BCUT2D eigenvalue weighted by Gasteiger charge is -2.43. The third kappa shape index (κ3) is 9.61. The molecule has 0 aromatic carbocycles. The Morgan fingerprint density at radius 1 is 0.636 bits per heavy atom. The maximum atomic E-state index is 12.9. The minimum atomic E-state index is -1.59. The standard InChI is InChI=1S/C32H50O12/c1-31(29(37)38,9-6-4-3-5-7-27(33)34)32(2,30(39)40)10-8-19(11-20-15-41-20)24(12-21-16-42-21)25(13-22-17-43-22)26(28(35)36)14-23-18-44-23/h19-26H,3-18H2,1-2H3,(H,33,34)(H,35,36)(H,37,38)(H,39,40). The summed E-state index contributed by atoms with van der Waals surface area (Å²) in [6, 6.07) is 0. The summed E-state index contributed by atoms with van der Waals surface area (Å²) in [6.07, 6.45) is 5.20. The van der Waals surface area contributed by atoms with Gasteiger partial charge in [0.1, 0.15) is 0 Å². The average molecular weight is 627 g/mol. The molecular formula is C32H50O12. The second-order valence-electron chi connectivity index (χ2n) is 13.9. The first kappa shape index (κ1) is 34.6. The molecule has 0 aromatic rings. The van der Waals surface area contributed by atoms with Gasteiger partial charge < -0.3 is 39.4 Å². The van der Waals surface area contributed by atoms with Crippen molar-refractivity contribution in [3.8, 4) is 0 Å². The summed E-state index contributed by atoms with van der Waals surface area (Å²) in [5.74, 6) is -5.15. The van der Waals surface area contributed by atoms with Crippen molar-refractivity contribution in [1.29, 1.82) is 0 Å². The van der Waals surface area contributed by atoms with E-state index in [9.17, 15) is 34.5 Å². The van der Waals surface area contributed by atoms with Crippen LogP contribution in [0.3, 0.4) is 0 Å². The second kappa shape index (κ2) is 14.9. The minimum absolute atomic E-state index is 0.00231. The van der Waals surface area contributed by atoms with Gasteiger partial charge in [-0.05, 0) is 83.0 Å². The number of aliphatic carboxylic acids is 4. The first-order valence-electron chi connectivity index (χ1n) is 16.2. The summed E-state index contributed by atoms with van der Waals surface area (Å²) < 4.78 is 22.2. The Hall–Kier alpha value is -2.28. The van der Waals surface area contributed by atoms with E-state index in [-0.39, 0.29) is 61.4 Å². The number of ether oxygens (including phenoxy) is 4. The zero-order chi connectivity index (χ0) is 32.1. The van der Waals surface area contributed by atoms with Gasteiger partial charge in [-0.3, -0.25) is 19.2 Å².